The summed E-state index contributed by atoms with van der Waals surface area (Å²) in [6, 6.07) is 9.81. The molecule has 0 aliphatic rings. The van der Waals surface area contributed by atoms with Gasteiger partial charge in [0.2, 0.25) is 5.91 Å². The lowest BCUT2D eigenvalue weighted by molar-refractivity contribution is -0.394. The van der Waals surface area contributed by atoms with E-state index in [1.807, 2.05) is 0 Å². The van der Waals surface area contributed by atoms with E-state index in [9.17, 15) is 25.0 Å². The lowest BCUT2D eigenvalue weighted by Gasteiger charge is -2.09. The molecule has 0 unspecified atom stereocenters. The number of nitro benzene ring substituents is 2. The van der Waals surface area contributed by atoms with Crippen molar-refractivity contribution >= 4 is 39.8 Å². The summed E-state index contributed by atoms with van der Waals surface area (Å²) in [4.78, 5) is 37.6. The Balaban J connectivity index is 1.69. The van der Waals surface area contributed by atoms with Crippen molar-refractivity contribution in [1.29, 1.82) is 0 Å². The number of rotatable bonds is 6. The van der Waals surface area contributed by atoms with Gasteiger partial charge in [0.15, 0.2) is 17.3 Å². The van der Waals surface area contributed by atoms with Gasteiger partial charge in [0.25, 0.3) is 11.4 Å². The van der Waals surface area contributed by atoms with Crippen molar-refractivity contribution in [2.24, 2.45) is 0 Å². The summed E-state index contributed by atoms with van der Waals surface area (Å²) in [5.74, 6) is -0.416. The van der Waals surface area contributed by atoms with Crippen LogP contribution >= 0.6 is 0 Å². The van der Waals surface area contributed by atoms with E-state index in [1.54, 1.807) is 24.3 Å². The summed E-state index contributed by atoms with van der Waals surface area (Å²) in [6.07, 6.45) is 0. The molecule has 0 fully saturated rings. The minimum atomic E-state index is -0.787. The zero-order valence-corrected chi connectivity index (χ0v) is 15.5. The third kappa shape index (κ3) is 3.71. The summed E-state index contributed by atoms with van der Waals surface area (Å²) in [7, 11) is 0. The molecule has 2 aromatic carbocycles. The molecule has 0 saturated carbocycles. The van der Waals surface area contributed by atoms with Crippen molar-refractivity contribution in [1.82, 2.24) is 19.9 Å². The third-order valence-corrected chi connectivity index (χ3v) is 4.29. The number of amides is 1. The fraction of sp³-hybridized carbons (Fsp3) is 0.0588. The van der Waals surface area contributed by atoms with Crippen LogP contribution in [0.4, 0.5) is 22.9 Å². The van der Waals surface area contributed by atoms with Crippen molar-refractivity contribution in [3.05, 3.63) is 62.7 Å². The number of aromatic nitrogens is 4. The van der Waals surface area contributed by atoms with Gasteiger partial charge in [-0.05, 0) is 22.4 Å². The number of hydrogen-bond donors (Lipinski definition) is 2. The van der Waals surface area contributed by atoms with Crippen LogP contribution in [0.15, 0.2) is 47.1 Å². The van der Waals surface area contributed by atoms with Crippen LogP contribution in [0.2, 0.25) is 0 Å². The lowest BCUT2D eigenvalue weighted by atomic mass is 10.2. The molecule has 0 aliphatic heterocycles. The molecule has 14 heteroatoms. The van der Waals surface area contributed by atoms with E-state index in [-0.39, 0.29) is 29.6 Å². The lowest BCUT2D eigenvalue weighted by Crippen LogP contribution is -2.19. The zero-order valence-electron chi connectivity index (χ0n) is 15.5. The minimum absolute atomic E-state index is 0.0220. The van der Waals surface area contributed by atoms with E-state index < -0.39 is 27.1 Å². The Bertz CT molecular complexity index is 1310. The molecule has 4 rings (SSSR count). The van der Waals surface area contributed by atoms with Crippen LogP contribution in [0.5, 0.6) is 0 Å². The summed E-state index contributed by atoms with van der Waals surface area (Å²) in [5, 5.41) is 31.8. The Morgan fingerprint density at radius 1 is 1.10 bits per heavy atom. The Morgan fingerprint density at radius 2 is 1.77 bits per heavy atom. The predicted octanol–water partition coefficient (Wildman–Crippen LogP) is 2.12. The van der Waals surface area contributed by atoms with Crippen molar-refractivity contribution in [2.45, 2.75) is 6.54 Å². The maximum Gasteiger partial charge on any atom is 0.278 e. The smallest absolute Gasteiger partial charge is 0.278 e. The SMILES string of the molecule is Nc1nonc1-c1nc2ccccc2n1CC(=O)Nc1cc([N+](=O)[O-])cc([N+](=O)[O-])c1. The van der Waals surface area contributed by atoms with Gasteiger partial charge in [-0.3, -0.25) is 25.0 Å². The first-order valence-corrected chi connectivity index (χ1v) is 8.61. The zero-order chi connectivity index (χ0) is 22.1. The molecular weight excluding hydrogens is 412 g/mol. The van der Waals surface area contributed by atoms with Gasteiger partial charge in [-0.1, -0.05) is 12.1 Å². The number of nitrogens with one attached hydrogen (secondary N) is 1. The Morgan fingerprint density at radius 3 is 2.39 bits per heavy atom. The second-order valence-corrected chi connectivity index (χ2v) is 6.31. The molecule has 0 spiro atoms. The molecule has 3 N–H and O–H groups in total. The first-order chi connectivity index (χ1) is 14.8. The number of para-hydroxylation sites is 2. The van der Waals surface area contributed by atoms with Gasteiger partial charge in [-0.15, -0.1) is 0 Å². The van der Waals surface area contributed by atoms with Gasteiger partial charge >= 0.3 is 0 Å². The maximum atomic E-state index is 12.7. The second-order valence-electron chi connectivity index (χ2n) is 6.31. The number of benzene rings is 2. The third-order valence-electron chi connectivity index (χ3n) is 4.29. The van der Waals surface area contributed by atoms with Crippen LogP contribution in [-0.4, -0.2) is 35.6 Å². The number of anilines is 2. The van der Waals surface area contributed by atoms with E-state index >= 15 is 0 Å². The van der Waals surface area contributed by atoms with Crippen molar-refractivity contribution < 1.29 is 19.3 Å². The Hall–Kier alpha value is -4.88. The van der Waals surface area contributed by atoms with Crippen LogP contribution in [-0.2, 0) is 11.3 Å². The minimum Gasteiger partial charge on any atom is -0.379 e. The van der Waals surface area contributed by atoms with E-state index in [2.05, 4.69) is 25.2 Å². The van der Waals surface area contributed by atoms with E-state index in [0.29, 0.717) is 11.0 Å². The van der Waals surface area contributed by atoms with Crippen LogP contribution in [0.1, 0.15) is 0 Å². The summed E-state index contributed by atoms with van der Waals surface area (Å²) in [6.45, 7) is -0.293. The molecule has 2 aromatic heterocycles. The van der Waals surface area contributed by atoms with Crippen molar-refractivity contribution in [2.75, 3.05) is 11.1 Å². The van der Waals surface area contributed by atoms with Gasteiger partial charge in [0.1, 0.15) is 6.54 Å². The van der Waals surface area contributed by atoms with Gasteiger partial charge in [0.05, 0.1) is 32.6 Å². The molecule has 0 saturated heterocycles. The fourth-order valence-electron chi connectivity index (χ4n) is 2.99. The fourth-order valence-corrected chi connectivity index (χ4v) is 2.99. The highest BCUT2D eigenvalue weighted by Gasteiger charge is 2.22. The number of nitro groups is 2. The number of nitrogens with zero attached hydrogens (tertiary/aromatic N) is 6. The predicted molar refractivity (Wildman–Crippen MR) is 106 cm³/mol. The second kappa shape index (κ2) is 7.51. The molecule has 0 radical (unpaired) electrons. The number of hydrogen-bond acceptors (Lipinski definition) is 10. The van der Waals surface area contributed by atoms with E-state index in [0.717, 1.165) is 18.2 Å². The van der Waals surface area contributed by atoms with Gasteiger partial charge < -0.3 is 15.6 Å². The standard InChI is InChI=1S/C17H12N8O6/c18-16-15(21-31-22-16)17-20-12-3-1-2-4-13(12)23(17)8-14(26)19-9-5-10(24(27)28)7-11(6-9)25(29)30/h1-7H,8H2,(H2,18,22)(H,19,26). The number of carbonyl (C=O) groups is 1. The molecule has 156 valence electrons. The van der Waals surface area contributed by atoms with Gasteiger partial charge in [0, 0.05) is 12.1 Å². The van der Waals surface area contributed by atoms with E-state index in [4.69, 9.17) is 5.73 Å². The van der Waals surface area contributed by atoms with Gasteiger partial charge in [-0.25, -0.2) is 9.61 Å². The van der Waals surface area contributed by atoms with Crippen molar-refractivity contribution in [3.8, 4) is 11.5 Å². The number of fused-ring (bicyclic) bond motifs is 1. The summed E-state index contributed by atoms with van der Waals surface area (Å²) < 4.78 is 6.12. The number of non-ortho nitro benzene ring substituents is 2. The van der Waals surface area contributed by atoms with Crippen LogP contribution < -0.4 is 11.1 Å². The normalized spacial score (nSPS) is 10.8. The first-order valence-electron chi connectivity index (χ1n) is 8.61. The highest BCUT2D eigenvalue weighted by Crippen LogP contribution is 2.28. The topological polar surface area (TPSA) is 198 Å². The molecule has 2 heterocycles. The number of imidazole rings is 1. The molecule has 1 amide bonds. The quantitative estimate of drug-likeness (QED) is 0.341. The number of nitrogens with two attached hydrogens (primary N) is 1. The highest BCUT2D eigenvalue weighted by molar-refractivity contribution is 5.93. The average molecular weight is 424 g/mol. The van der Waals surface area contributed by atoms with Crippen LogP contribution in [0.3, 0.4) is 0 Å². The van der Waals surface area contributed by atoms with Crippen LogP contribution in [0.25, 0.3) is 22.6 Å². The van der Waals surface area contributed by atoms with Crippen molar-refractivity contribution in [3.63, 3.8) is 0 Å². The largest absolute Gasteiger partial charge is 0.379 e. The van der Waals surface area contributed by atoms with Crippen LogP contribution in [0, 0.1) is 20.2 Å². The Labute approximate surface area is 171 Å². The monoisotopic (exact) mass is 424 g/mol. The van der Waals surface area contributed by atoms with E-state index in [1.165, 1.54) is 4.57 Å². The first kappa shape index (κ1) is 19.4. The number of nitrogen functional groups attached to an aromatic ring is 1. The highest BCUT2D eigenvalue weighted by atomic mass is 16.6. The number of carbonyl (C=O) groups excluding carboxylic acids is 1. The molecule has 14 nitrogen and oxygen atoms in total. The summed E-state index contributed by atoms with van der Waals surface area (Å²) in [5.41, 5.74) is 5.88. The molecule has 31 heavy (non-hydrogen) atoms. The molecule has 0 atom stereocenters. The molecule has 4 aromatic rings. The molecule has 0 aliphatic carbocycles. The molecule has 0 bridgehead atoms. The summed E-state index contributed by atoms with van der Waals surface area (Å²) >= 11 is 0. The van der Waals surface area contributed by atoms with Gasteiger partial charge in [-0.2, -0.15) is 0 Å². The Kier molecular flexibility index (Phi) is 4.71. The molecular formula is C17H12N8O6. The maximum absolute atomic E-state index is 12.7. The average Bonchev–Trinajstić information content (AvgIpc) is 3.31.